The number of rotatable bonds is 4. The molecule has 2 fully saturated rings. The maximum atomic E-state index is 6.14. The molecule has 116 valence electrons. The molecule has 0 aliphatic carbocycles. The smallest absolute Gasteiger partial charge is 0.148 e. The molecule has 5 nitrogen and oxygen atoms in total. The fraction of sp³-hybridized carbons (Fsp3) is 0.733. The Morgan fingerprint density at radius 1 is 1.38 bits per heavy atom. The van der Waals surface area contributed by atoms with Crippen molar-refractivity contribution < 1.29 is 4.74 Å². The van der Waals surface area contributed by atoms with E-state index in [2.05, 4.69) is 20.2 Å². The van der Waals surface area contributed by atoms with Crippen LogP contribution < -0.4 is 5.32 Å². The predicted octanol–water partition coefficient (Wildman–Crippen LogP) is 2.49. The van der Waals surface area contributed by atoms with Crippen molar-refractivity contribution in [2.24, 2.45) is 0 Å². The Balaban J connectivity index is 1.48. The second-order valence-electron chi connectivity index (χ2n) is 5.97. The van der Waals surface area contributed by atoms with E-state index >= 15 is 0 Å². The van der Waals surface area contributed by atoms with Crippen molar-refractivity contribution >= 4 is 17.4 Å². The van der Waals surface area contributed by atoms with Gasteiger partial charge in [-0.2, -0.15) is 0 Å². The van der Waals surface area contributed by atoms with Crippen molar-refractivity contribution in [2.45, 2.75) is 44.8 Å². The lowest BCUT2D eigenvalue weighted by atomic mass is 10.0. The molecule has 0 aromatic carbocycles. The molecule has 2 aliphatic heterocycles. The van der Waals surface area contributed by atoms with Crippen LogP contribution in [-0.2, 0) is 4.74 Å². The summed E-state index contributed by atoms with van der Waals surface area (Å²) in [4.78, 5) is 11.0. The van der Waals surface area contributed by atoms with E-state index in [9.17, 15) is 0 Å². The highest BCUT2D eigenvalue weighted by molar-refractivity contribution is 6.32. The van der Waals surface area contributed by atoms with Crippen LogP contribution in [0.15, 0.2) is 6.20 Å². The van der Waals surface area contributed by atoms with Gasteiger partial charge in [-0.05, 0) is 32.6 Å². The van der Waals surface area contributed by atoms with Gasteiger partial charge in [0.15, 0.2) is 0 Å². The van der Waals surface area contributed by atoms with Crippen LogP contribution in [0.4, 0.5) is 5.82 Å². The van der Waals surface area contributed by atoms with Crippen molar-refractivity contribution in [1.29, 1.82) is 0 Å². The second kappa shape index (κ2) is 6.90. The number of aromatic nitrogens is 2. The molecule has 3 heterocycles. The molecule has 1 N–H and O–H groups in total. The number of hydrogen-bond acceptors (Lipinski definition) is 5. The summed E-state index contributed by atoms with van der Waals surface area (Å²) < 4.78 is 5.72. The molecular formula is C15H23ClN4O. The number of halogens is 1. The van der Waals surface area contributed by atoms with Gasteiger partial charge in [-0.15, -0.1) is 0 Å². The maximum Gasteiger partial charge on any atom is 0.148 e. The number of nitrogens with one attached hydrogen (secondary N) is 1. The molecule has 1 atom stereocenters. The second-order valence-corrected chi connectivity index (χ2v) is 6.38. The van der Waals surface area contributed by atoms with Crippen LogP contribution in [0.1, 0.15) is 31.5 Å². The van der Waals surface area contributed by atoms with E-state index in [1.54, 1.807) is 6.20 Å². The number of piperidine rings is 1. The Labute approximate surface area is 131 Å². The monoisotopic (exact) mass is 310 g/mol. The molecule has 0 amide bonds. The minimum Gasteiger partial charge on any atom is -0.377 e. The highest BCUT2D eigenvalue weighted by atomic mass is 35.5. The third-order valence-electron chi connectivity index (χ3n) is 4.28. The fourth-order valence-electron chi connectivity index (χ4n) is 3.09. The summed E-state index contributed by atoms with van der Waals surface area (Å²) in [6, 6.07) is 0.442. The fourth-order valence-corrected chi connectivity index (χ4v) is 3.23. The van der Waals surface area contributed by atoms with E-state index in [1.807, 2.05) is 6.92 Å². The quantitative estimate of drug-likeness (QED) is 0.926. The zero-order chi connectivity index (χ0) is 14.7. The van der Waals surface area contributed by atoms with E-state index in [0.29, 0.717) is 17.2 Å². The lowest BCUT2D eigenvalue weighted by Gasteiger charge is -2.33. The zero-order valence-electron chi connectivity index (χ0n) is 12.5. The third kappa shape index (κ3) is 4.05. The summed E-state index contributed by atoms with van der Waals surface area (Å²) >= 11 is 6.14. The summed E-state index contributed by atoms with van der Waals surface area (Å²) in [7, 11) is 0. The van der Waals surface area contributed by atoms with Crippen molar-refractivity contribution in [3.8, 4) is 0 Å². The van der Waals surface area contributed by atoms with Gasteiger partial charge in [0.1, 0.15) is 16.7 Å². The van der Waals surface area contributed by atoms with Gasteiger partial charge in [0.2, 0.25) is 0 Å². The maximum absolute atomic E-state index is 6.14. The summed E-state index contributed by atoms with van der Waals surface area (Å²) in [5.41, 5.74) is 0. The molecule has 2 aliphatic rings. The van der Waals surface area contributed by atoms with E-state index in [-0.39, 0.29) is 0 Å². The molecule has 0 spiro atoms. The van der Waals surface area contributed by atoms with Gasteiger partial charge >= 0.3 is 0 Å². The summed E-state index contributed by atoms with van der Waals surface area (Å²) in [5, 5.41) is 4.06. The number of anilines is 1. The van der Waals surface area contributed by atoms with Crippen LogP contribution in [-0.4, -0.2) is 53.3 Å². The van der Waals surface area contributed by atoms with Gasteiger partial charge in [0.25, 0.3) is 0 Å². The van der Waals surface area contributed by atoms with E-state index < -0.39 is 0 Å². The SMILES string of the molecule is Cc1ncc(Cl)c(NC2CCN(CC3CCCO3)CC2)n1. The minimum absolute atomic E-state index is 0.442. The topological polar surface area (TPSA) is 50.3 Å². The highest BCUT2D eigenvalue weighted by Gasteiger charge is 2.24. The Hall–Kier alpha value is -0.910. The summed E-state index contributed by atoms with van der Waals surface area (Å²) in [5.74, 6) is 1.51. The molecular weight excluding hydrogens is 288 g/mol. The van der Waals surface area contributed by atoms with E-state index in [0.717, 1.165) is 50.7 Å². The molecule has 0 bridgehead atoms. The number of aryl methyl sites for hydroxylation is 1. The van der Waals surface area contributed by atoms with Crippen LogP contribution in [0, 0.1) is 6.92 Å². The van der Waals surface area contributed by atoms with Crippen LogP contribution in [0.5, 0.6) is 0 Å². The van der Waals surface area contributed by atoms with Crippen LogP contribution in [0.3, 0.4) is 0 Å². The van der Waals surface area contributed by atoms with Crippen molar-refractivity contribution in [3.05, 3.63) is 17.0 Å². The van der Waals surface area contributed by atoms with Gasteiger partial charge in [-0.1, -0.05) is 11.6 Å². The van der Waals surface area contributed by atoms with Crippen LogP contribution in [0.25, 0.3) is 0 Å². The molecule has 2 saturated heterocycles. The first-order valence-corrected chi connectivity index (χ1v) is 8.18. The van der Waals surface area contributed by atoms with Crippen molar-refractivity contribution in [3.63, 3.8) is 0 Å². The molecule has 21 heavy (non-hydrogen) atoms. The normalized spacial score (nSPS) is 24.4. The molecule has 1 unspecified atom stereocenters. The van der Waals surface area contributed by atoms with E-state index in [1.165, 1.54) is 12.8 Å². The Bertz CT molecular complexity index is 471. The molecule has 6 heteroatoms. The zero-order valence-corrected chi connectivity index (χ0v) is 13.3. The molecule has 3 rings (SSSR count). The molecule has 1 aromatic heterocycles. The lowest BCUT2D eigenvalue weighted by molar-refractivity contribution is 0.0654. The van der Waals surface area contributed by atoms with Gasteiger partial charge in [0.05, 0.1) is 12.3 Å². The average Bonchev–Trinajstić information content (AvgIpc) is 2.98. The average molecular weight is 311 g/mol. The number of ether oxygens (including phenoxy) is 1. The van der Waals surface area contributed by atoms with Crippen LogP contribution >= 0.6 is 11.6 Å². The molecule has 0 radical (unpaired) electrons. The summed E-state index contributed by atoms with van der Waals surface area (Å²) in [6.07, 6.45) is 6.78. The Kier molecular flexibility index (Phi) is 4.93. The highest BCUT2D eigenvalue weighted by Crippen LogP contribution is 2.22. The first-order chi connectivity index (χ1) is 10.2. The molecule has 0 saturated carbocycles. The van der Waals surface area contributed by atoms with Crippen LogP contribution in [0.2, 0.25) is 5.02 Å². The minimum atomic E-state index is 0.442. The first-order valence-electron chi connectivity index (χ1n) is 7.80. The first kappa shape index (κ1) is 15.0. The van der Waals surface area contributed by atoms with Gasteiger partial charge < -0.3 is 15.0 Å². The van der Waals surface area contributed by atoms with Crippen molar-refractivity contribution in [2.75, 3.05) is 31.6 Å². The van der Waals surface area contributed by atoms with Crippen molar-refractivity contribution in [1.82, 2.24) is 14.9 Å². The van der Waals surface area contributed by atoms with Gasteiger partial charge in [-0.3, -0.25) is 0 Å². The number of hydrogen-bond donors (Lipinski definition) is 1. The Morgan fingerprint density at radius 3 is 2.90 bits per heavy atom. The third-order valence-corrected chi connectivity index (χ3v) is 4.56. The van der Waals surface area contributed by atoms with E-state index in [4.69, 9.17) is 16.3 Å². The summed E-state index contributed by atoms with van der Waals surface area (Å²) in [6.45, 7) is 6.12. The van der Waals surface area contributed by atoms with Gasteiger partial charge in [-0.25, -0.2) is 9.97 Å². The molecule has 1 aromatic rings. The standard InChI is InChI=1S/C15H23ClN4O/c1-11-17-9-14(16)15(18-11)19-12-4-6-20(7-5-12)10-13-3-2-8-21-13/h9,12-13H,2-8,10H2,1H3,(H,17,18,19). The largest absolute Gasteiger partial charge is 0.377 e. The number of nitrogens with zero attached hydrogens (tertiary/aromatic N) is 3. The lowest BCUT2D eigenvalue weighted by Crippen LogP contribution is -2.42. The predicted molar refractivity (Wildman–Crippen MR) is 83.8 cm³/mol. The Morgan fingerprint density at radius 2 is 2.19 bits per heavy atom. The van der Waals surface area contributed by atoms with Gasteiger partial charge in [0, 0.05) is 32.3 Å². The number of likely N-dealkylation sites (tertiary alicyclic amines) is 1.